The predicted octanol–water partition coefficient (Wildman–Crippen LogP) is 3.54. The molecule has 2 rings (SSSR count). The summed E-state index contributed by atoms with van der Waals surface area (Å²) in [6, 6.07) is 5.97. The lowest BCUT2D eigenvalue weighted by Crippen LogP contribution is -2.43. The van der Waals surface area contributed by atoms with Crippen molar-refractivity contribution in [2.24, 2.45) is 0 Å². The van der Waals surface area contributed by atoms with Crippen LogP contribution >= 0.6 is 12.2 Å². The fourth-order valence-corrected chi connectivity index (χ4v) is 3.32. The largest absolute Gasteiger partial charge is 0.383 e. The number of nitrogen functional groups attached to an aromatic ring is 1. The Kier molecular flexibility index (Phi) is 8.01. The van der Waals surface area contributed by atoms with E-state index >= 15 is 0 Å². The second kappa shape index (κ2) is 10.2. The van der Waals surface area contributed by atoms with Crippen molar-refractivity contribution in [3.05, 3.63) is 50.2 Å². The van der Waals surface area contributed by atoms with Gasteiger partial charge in [0.25, 0.3) is 5.56 Å². The number of nitrogens with one attached hydrogen (secondary N) is 2. The Morgan fingerprint density at radius 1 is 1.17 bits per heavy atom. The third-order valence-electron chi connectivity index (χ3n) is 4.96. The Morgan fingerprint density at radius 2 is 1.86 bits per heavy atom. The molecule has 0 atom stereocenters. The highest BCUT2D eigenvalue weighted by molar-refractivity contribution is 7.80. The average Bonchev–Trinajstić information content (AvgIpc) is 2.66. The molecule has 0 aliphatic carbocycles. The highest BCUT2D eigenvalue weighted by Crippen LogP contribution is 2.21. The molecule has 29 heavy (non-hydrogen) atoms. The summed E-state index contributed by atoms with van der Waals surface area (Å²) in [5, 5.41) is 3.59. The number of unbranched alkanes of at least 4 members (excludes halogenated alkanes) is 2. The summed E-state index contributed by atoms with van der Waals surface area (Å²) in [5.74, 6) is 0.146. The van der Waals surface area contributed by atoms with Gasteiger partial charge in [-0.05, 0) is 62.2 Å². The minimum atomic E-state index is -0.527. The Hall–Kier alpha value is -2.61. The zero-order chi connectivity index (χ0) is 21.6. The Bertz CT molecular complexity index is 980. The maximum absolute atomic E-state index is 12.7. The predicted molar refractivity (Wildman–Crippen MR) is 125 cm³/mol. The summed E-state index contributed by atoms with van der Waals surface area (Å²) < 4.78 is 1.41. The van der Waals surface area contributed by atoms with Crippen LogP contribution in [0.2, 0.25) is 0 Å². The number of rotatable bonds is 8. The van der Waals surface area contributed by atoms with Crippen LogP contribution in [-0.4, -0.2) is 21.2 Å². The Morgan fingerprint density at radius 3 is 2.48 bits per heavy atom. The average molecular weight is 418 g/mol. The van der Waals surface area contributed by atoms with Gasteiger partial charge in [0.2, 0.25) is 0 Å². The van der Waals surface area contributed by atoms with Crippen LogP contribution in [0.3, 0.4) is 0 Å². The molecule has 0 saturated heterocycles. The molecule has 1 aromatic heterocycles. The monoisotopic (exact) mass is 417 g/mol. The number of nitrogens with zero attached hydrogens (tertiary/aromatic N) is 2. The third-order valence-corrected chi connectivity index (χ3v) is 5.28. The molecule has 0 radical (unpaired) electrons. The van der Waals surface area contributed by atoms with Crippen molar-refractivity contribution in [2.75, 3.05) is 22.5 Å². The third kappa shape index (κ3) is 5.47. The van der Waals surface area contributed by atoms with E-state index in [-0.39, 0.29) is 11.5 Å². The van der Waals surface area contributed by atoms with Gasteiger partial charge in [-0.2, -0.15) is 0 Å². The van der Waals surface area contributed by atoms with Gasteiger partial charge in [-0.3, -0.25) is 14.3 Å². The smallest absolute Gasteiger partial charge is 0.330 e. The van der Waals surface area contributed by atoms with Gasteiger partial charge in [-0.15, -0.1) is 0 Å². The SMILES string of the molecule is CCCCN(C(=S)Nc1ccc(C)c(C)c1)c1c(N)n(CCCC)c(=O)[nH]c1=O. The zero-order valence-electron chi connectivity index (χ0n) is 17.7. The van der Waals surface area contributed by atoms with Crippen molar-refractivity contribution in [1.29, 1.82) is 0 Å². The van der Waals surface area contributed by atoms with Gasteiger partial charge in [0, 0.05) is 18.8 Å². The van der Waals surface area contributed by atoms with Gasteiger partial charge in [-0.25, -0.2) is 4.79 Å². The first kappa shape index (κ1) is 22.7. The molecule has 0 fully saturated rings. The van der Waals surface area contributed by atoms with Crippen LogP contribution in [0.5, 0.6) is 0 Å². The number of H-pyrrole nitrogens is 1. The first-order valence-electron chi connectivity index (χ1n) is 10.1. The molecule has 0 unspecified atom stereocenters. The second-order valence-corrected chi connectivity index (χ2v) is 7.62. The molecular formula is C21H31N5O2S. The van der Waals surface area contributed by atoms with Crippen LogP contribution < -0.4 is 27.2 Å². The van der Waals surface area contributed by atoms with Crippen LogP contribution in [0.1, 0.15) is 50.7 Å². The number of benzene rings is 1. The van der Waals surface area contributed by atoms with Gasteiger partial charge in [0.05, 0.1) is 0 Å². The molecule has 2 aromatic rings. The molecule has 4 N–H and O–H groups in total. The van der Waals surface area contributed by atoms with Crippen molar-refractivity contribution in [3.8, 4) is 0 Å². The summed E-state index contributed by atoms with van der Waals surface area (Å²) in [6.45, 7) is 9.14. The van der Waals surface area contributed by atoms with Gasteiger partial charge in [0.1, 0.15) is 5.82 Å². The van der Waals surface area contributed by atoms with Crippen molar-refractivity contribution in [3.63, 3.8) is 0 Å². The molecule has 7 nitrogen and oxygen atoms in total. The topological polar surface area (TPSA) is 96.2 Å². The standard InChI is InChI=1S/C21H31N5O2S/c1-5-7-11-25(21(29)23-16-10-9-14(3)15(4)13-16)17-18(22)26(12-8-6-2)20(28)24-19(17)27/h9-10,13H,5-8,11-12,22H2,1-4H3,(H,23,29)(H,24,27,28). The summed E-state index contributed by atoms with van der Waals surface area (Å²) >= 11 is 5.63. The van der Waals surface area contributed by atoms with E-state index < -0.39 is 11.2 Å². The molecule has 0 saturated carbocycles. The minimum absolute atomic E-state index is 0.146. The molecule has 0 amide bonds. The van der Waals surface area contributed by atoms with Crippen LogP contribution in [0.15, 0.2) is 27.8 Å². The molecule has 8 heteroatoms. The van der Waals surface area contributed by atoms with Crippen molar-refractivity contribution < 1.29 is 0 Å². The number of nitrogens with two attached hydrogens (primary N) is 1. The Balaban J connectivity index is 2.45. The molecule has 158 valence electrons. The minimum Gasteiger partial charge on any atom is -0.383 e. The lowest BCUT2D eigenvalue weighted by Gasteiger charge is -2.27. The first-order valence-corrected chi connectivity index (χ1v) is 10.5. The number of aryl methyl sites for hydroxylation is 2. The Labute approximate surface area is 176 Å². The maximum Gasteiger partial charge on any atom is 0.330 e. The lowest BCUT2D eigenvalue weighted by atomic mass is 10.1. The van der Waals surface area contributed by atoms with Gasteiger partial charge < -0.3 is 16.0 Å². The number of aromatic amines is 1. The fraction of sp³-hybridized carbons (Fsp3) is 0.476. The summed E-state index contributed by atoms with van der Waals surface area (Å²) in [5.41, 5.74) is 8.66. The van der Waals surface area contributed by atoms with Gasteiger partial charge in [-0.1, -0.05) is 32.8 Å². The summed E-state index contributed by atoms with van der Waals surface area (Å²) in [6.07, 6.45) is 3.44. The van der Waals surface area contributed by atoms with Crippen molar-refractivity contribution in [1.82, 2.24) is 9.55 Å². The highest BCUT2D eigenvalue weighted by atomic mass is 32.1. The van der Waals surface area contributed by atoms with E-state index in [1.807, 2.05) is 39.0 Å². The first-order chi connectivity index (χ1) is 13.8. The van der Waals surface area contributed by atoms with E-state index in [0.717, 1.165) is 36.9 Å². The quantitative estimate of drug-likeness (QED) is 0.569. The van der Waals surface area contributed by atoms with E-state index in [1.165, 1.54) is 10.1 Å². The van der Waals surface area contributed by atoms with Crippen LogP contribution in [-0.2, 0) is 6.54 Å². The number of aromatic nitrogens is 2. The van der Waals surface area contributed by atoms with Gasteiger partial charge in [0.15, 0.2) is 10.8 Å². The normalized spacial score (nSPS) is 10.8. The summed E-state index contributed by atoms with van der Waals surface area (Å²) in [7, 11) is 0. The van der Waals surface area contributed by atoms with Crippen LogP contribution in [0.25, 0.3) is 0 Å². The molecule has 1 heterocycles. The van der Waals surface area contributed by atoms with Crippen molar-refractivity contribution in [2.45, 2.75) is 59.9 Å². The van der Waals surface area contributed by atoms with E-state index in [1.54, 1.807) is 4.90 Å². The summed E-state index contributed by atoms with van der Waals surface area (Å²) in [4.78, 5) is 29.0. The van der Waals surface area contributed by atoms with Crippen LogP contribution in [0.4, 0.5) is 17.2 Å². The number of hydrogen-bond acceptors (Lipinski definition) is 4. The fourth-order valence-electron chi connectivity index (χ4n) is 3.02. The maximum atomic E-state index is 12.7. The second-order valence-electron chi connectivity index (χ2n) is 7.23. The molecule has 0 aliphatic rings. The van der Waals surface area contributed by atoms with E-state index in [9.17, 15) is 9.59 Å². The number of thiocarbonyl (C=S) groups is 1. The molecule has 0 spiro atoms. The molecular weight excluding hydrogens is 386 g/mol. The zero-order valence-corrected chi connectivity index (χ0v) is 18.5. The van der Waals surface area contributed by atoms with Crippen LogP contribution in [0, 0.1) is 13.8 Å². The van der Waals surface area contributed by atoms with E-state index in [2.05, 4.69) is 17.2 Å². The van der Waals surface area contributed by atoms with E-state index in [4.69, 9.17) is 18.0 Å². The number of hydrogen-bond donors (Lipinski definition) is 3. The van der Waals surface area contributed by atoms with Gasteiger partial charge >= 0.3 is 5.69 Å². The van der Waals surface area contributed by atoms with Crippen molar-refractivity contribution >= 4 is 34.5 Å². The highest BCUT2D eigenvalue weighted by Gasteiger charge is 2.22. The number of anilines is 3. The molecule has 0 bridgehead atoms. The molecule has 0 aliphatic heterocycles. The van der Waals surface area contributed by atoms with E-state index in [0.29, 0.717) is 18.2 Å². The lowest BCUT2D eigenvalue weighted by molar-refractivity contribution is 0.604. The molecule has 1 aromatic carbocycles.